The Kier molecular flexibility index (Phi) is 4.59. The molecule has 1 atom stereocenters. The number of imide groups is 1. The fourth-order valence-electron chi connectivity index (χ4n) is 3.60. The number of amides is 4. The van der Waals surface area contributed by atoms with Gasteiger partial charge in [-0.1, -0.05) is 0 Å². The van der Waals surface area contributed by atoms with E-state index in [2.05, 4.69) is 16.7 Å². The first-order valence-corrected chi connectivity index (χ1v) is 8.53. The predicted octanol–water partition coefficient (Wildman–Crippen LogP) is 1.68. The molecule has 1 unspecified atom stereocenters. The molecule has 1 aromatic carbocycles. The lowest BCUT2D eigenvalue weighted by atomic mass is 9.91. The van der Waals surface area contributed by atoms with Gasteiger partial charge in [0, 0.05) is 5.56 Å². The van der Waals surface area contributed by atoms with E-state index in [4.69, 9.17) is 0 Å². The third-order valence-electron chi connectivity index (χ3n) is 5.09. The van der Waals surface area contributed by atoms with E-state index in [1.807, 2.05) is 0 Å². The largest absolute Gasteiger partial charge is 0.336 e. The molecule has 0 bridgehead atoms. The highest BCUT2D eigenvalue weighted by molar-refractivity contribution is 6.09. The Balaban J connectivity index is 1.79. The van der Waals surface area contributed by atoms with Crippen molar-refractivity contribution >= 4 is 17.8 Å². The Morgan fingerprint density at radius 2 is 2.00 bits per heavy atom. The molecule has 1 saturated carbocycles. The van der Waals surface area contributed by atoms with Gasteiger partial charge in [-0.2, -0.15) is 5.26 Å². The van der Waals surface area contributed by atoms with Gasteiger partial charge in [0.15, 0.2) is 0 Å². The molecule has 1 saturated heterocycles. The third-order valence-corrected chi connectivity index (χ3v) is 5.09. The number of nitrogens with one attached hydrogen (secondary N) is 2. The molecule has 27 heavy (non-hydrogen) atoms. The summed E-state index contributed by atoms with van der Waals surface area (Å²) in [4.78, 5) is 37.9. The van der Waals surface area contributed by atoms with E-state index >= 15 is 0 Å². The normalized spacial score (nSPS) is 23.9. The molecule has 4 amide bonds. The number of rotatable bonds is 4. The van der Waals surface area contributed by atoms with Crippen molar-refractivity contribution in [1.29, 1.82) is 5.26 Å². The quantitative estimate of drug-likeness (QED) is 0.781. The van der Waals surface area contributed by atoms with Crippen LogP contribution in [-0.4, -0.2) is 34.8 Å². The lowest BCUT2D eigenvalue weighted by Crippen LogP contribution is -2.50. The number of urea groups is 1. The summed E-state index contributed by atoms with van der Waals surface area (Å²) < 4.78 is 27.6. The molecule has 0 radical (unpaired) electrons. The fourth-order valence-corrected chi connectivity index (χ4v) is 3.60. The summed E-state index contributed by atoms with van der Waals surface area (Å²) in [5, 5.41) is 14.2. The van der Waals surface area contributed by atoms with Gasteiger partial charge < -0.3 is 10.6 Å². The van der Waals surface area contributed by atoms with Crippen LogP contribution in [0.3, 0.4) is 0 Å². The number of carbonyl (C=O) groups excluding carboxylic acids is 3. The number of carbonyl (C=O) groups is 3. The lowest BCUT2D eigenvalue weighted by Gasteiger charge is -2.24. The Morgan fingerprint density at radius 3 is 2.63 bits per heavy atom. The predicted molar refractivity (Wildman–Crippen MR) is 88.9 cm³/mol. The summed E-state index contributed by atoms with van der Waals surface area (Å²) in [7, 11) is 0. The molecule has 142 valence electrons. The Hall–Kier alpha value is -3.02. The maximum Gasteiger partial charge on any atom is 0.325 e. The number of nitrogens with zero attached hydrogens (tertiary/aromatic N) is 2. The van der Waals surface area contributed by atoms with Crippen molar-refractivity contribution in [2.24, 2.45) is 0 Å². The van der Waals surface area contributed by atoms with Crippen molar-refractivity contribution in [2.45, 2.75) is 43.7 Å². The maximum atomic E-state index is 14.1. The molecule has 7 nitrogen and oxygen atoms in total. The molecule has 1 aliphatic heterocycles. The first-order chi connectivity index (χ1) is 12.7. The summed E-state index contributed by atoms with van der Waals surface area (Å²) in [5.41, 5.74) is -3.15. The standard InChI is InChI=1S/C18H18F2N4O3/c1-17(12-8-11(19)4-5-13(12)20)15(26)24(16(27)23-17)9-14(25)22-18(10-21)6-2-3-7-18/h4-5,8H,2-3,6-7,9H2,1H3,(H,22,25)(H,23,27). The monoisotopic (exact) mass is 376 g/mol. The van der Waals surface area contributed by atoms with E-state index in [9.17, 15) is 28.4 Å². The summed E-state index contributed by atoms with van der Waals surface area (Å²) in [6, 6.07) is 3.79. The van der Waals surface area contributed by atoms with E-state index in [1.165, 1.54) is 6.92 Å². The van der Waals surface area contributed by atoms with Crippen molar-refractivity contribution in [3.05, 3.63) is 35.4 Å². The zero-order valence-electron chi connectivity index (χ0n) is 14.6. The van der Waals surface area contributed by atoms with Crippen LogP contribution in [0.15, 0.2) is 18.2 Å². The molecule has 2 aliphatic rings. The van der Waals surface area contributed by atoms with Crippen LogP contribution in [0.5, 0.6) is 0 Å². The number of hydrogen-bond acceptors (Lipinski definition) is 4. The average Bonchev–Trinajstić information content (AvgIpc) is 3.17. The van der Waals surface area contributed by atoms with Crippen LogP contribution in [0.25, 0.3) is 0 Å². The van der Waals surface area contributed by atoms with Crippen molar-refractivity contribution in [3.8, 4) is 6.07 Å². The highest BCUT2D eigenvalue weighted by Crippen LogP contribution is 2.32. The Morgan fingerprint density at radius 1 is 1.33 bits per heavy atom. The highest BCUT2D eigenvalue weighted by Gasteiger charge is 2.51. The second-order valence-corrected chi connectivity index (χ2v) is 7.02. The minimum absolute atomic E-state index is 0.326. The molecule has 3 rings (SSSR count). The van der Waals surface area contributed by atoms with E-state index in [1.54, 1.807) is 0 Å². The van der Waals surface area contributed by atoms with Gasteiger partial charge in [-0.25, -0.2) is 13.6 Å². The smallest absolute Gasteiger partial charge is 0.325 e. The van der Waals surface area contributed by atoms with Crippen LogP contribution in [0.1, 0.15) is 38.2 Å². The molecule has 1 heterocycles. The van der Waals surface area contributed by atoms with E-state index in [-0.39, 0.29) is 5.56 Å². The van der Waals surface area contributed by atoms with Crippen molar-refractivity contribution < 1.29 is 23.2 Å². The number of hydrogen-bond donors (Lipinski definition) is 2. The van der Waals surface area contributed by atoms with Crippen LogP contribution in [0.2, 0.25) is 0 Å². The van der Waals surface area contributed by atoms with E-state index < -0.39 is 47.1 Å². The number of halogens is 2. The van der Waals surface area contributed by atoms with Gasteiger partial charge in [-0.15, -0.1) is 0 Å². The number of benzene rings is 1. The second-order valence-electron chi connectivity index (χ2n) is 7.02. The molecule has 0 aromatic heterocycles. The van der Waals surface area contributed by atoms with Crippen molar-refractivity contribution in [2.75, 3.05) is 6.54 Å². The van der Waals surface area contributed by atoms with Crippen LogP contribution in [-0.2, 0) is 15.1 Å². The fraction of sp³-hybridized carbons (Fsp3) is 0.444. The topological polar surface area (TPSA) is 102 Å². The second kappa shape index (κ2) is 6.61. The van der Waals surface area contributed by atoms with Crippen LogP contribution in [0.4, 0.5) is 13.6 Å². The van der Waals surface area contributed by atoms with Gasteiger partial charge in [0.1, 0.15) is 29.3 Å². The zero-order valence-corrected chi connectivity index (χ0v) is 14.6. The van der Waals surface area contributed by atoms with Crippen LogP contribution in [0, 0.1) is 23.0 Å². The molecule has 1 aliphatic carbocycles. The molecular weight excluding hydrogens is 358 g/mol. The Bertz CT molecular complexity index is 861. The molecule has 9 heteroatoms. The van der Waals surface area contributed by atoms with Crippen LogP contribution < -0.4 is 10.6 Å². The minimum atomic E-state index is -1.83. The first-order valence-electron chi connectivity index (χ1n) is 8.53. The summed E-state index contributed by atoms with van der Waals surface area (Å²) in [5.74, 6) is -3.15. The highest BCUT2D eigenvalue weighted by atomic mass is 19.1. The van der Waals surface area contributed by atoms with Gasteiger partial charge in [0.25, 0.3) is 5.91 Å². The summed E-state index contributed by atoms with van der Waals surface area (Å²) in [6.45, 7) is 0.636. The molecule has 2 N–H and O–H groups in total. The maximum absolute atomic E-state index is 14.1. The third kappa shape index (κ3) is 3.23. The average molecular weight is 376 g/mol. The first kappa shape index (κ1) is 18.8. The van der Waals surface area contributed by atoms with Gasteiger partial charge in [0.05, 0.1) is 6.07 Å². The lowest BCUT2D eigenvalue weighted by molar-refractivity contribution is -0.135. The number of nitriles is 1. The van der Waals surface area contributed by atoms with Gasteiger partial charge >= 0.3 is 6.03 Å². The zero-order chi connectivity index (χ0) is 19.8. The van der Waals surface area contributed by atoms with Crippen molar-refractivity contribution in [3.63, 3.8) is 0 Å². The molecule has 0 spiro atoms. The van der Waals surface area contributed by atoms with Crippen LogP contribution >= 0.6 is 0 Å². The summed E-state index contributed by atoms with van der Waals surface area (Å²) >= 11 is 0. The van der Waals surface area contributed by atoms with Gasteiger partial charge in [0.2, 0.25) is 5.91 Å². The molecule has 2 fully saturated rings. The van der Waals surface area contributed by atoms with Gasteiger partial charge in [-0.3, -0.25) is 14.5 Å². The summed E-state index contributed by atoms with van der Waals surface area (Å²) in [6.07, 6.45) is 2.60. The van der Waals surface area contributed by atoms with Crippen molar-refractivity contribution in [1.82, 2.24) is 15.5 Å². The minimum Gasteiger partial charge on any atom is -0.336 e. The van der Waals surface area contributed by atoms with E-state index in [0.29, 0.717) is 17.7 Å². The molecular formula is C18H18F2N4O3. The van der Waals surface area contributed by atoms with E-state index in [0.717, 1.165) is 31.0 Å². The van der Waals surface area contributed by atoms with Gasteiger partial charge in [-0.05, 0) is 50.8 Å². The Labute approximate surface area is 154 Å². The SMILES string of the molecule is CC1(c2cc(F)ccc2F)NC(=O)N(CC(=O)NC2(C#N)CCCC2)C1=O. The molecule has 1 aromatic rings.